The van der Waals surface area contributed by atoms with Crippen molar-refractivity contribution in [3.05, 3.63) is 43.3 Å². The third-order valence-corrected chi connectivity index (χ3v) is 4.76. The summed E-state index contributed by atoms with van der Waals surface area (Å²) in [4.78, 5) is 20.6. The van der Waals surface area contributed by atoms with Crippen molar-refractivity contribution in [1.29, 1.82) is 0 Å². The monoisotopic (exact) mass is 320 g/mol. The van der Waals surface area contributed by atoms with Gasteiger partial charge in [0.05, 0.1) is 26.7 Å². The van der Waals surface area contributed by atoms with Gasteiger partial charge < -0.3 is 5.32 Å². The highest BCUT2D eigenvalue weighted by Crippen LogP contribution is 2.33. The SMILES string of the molecule is Cc1cnc(CNc2cc3nc(C)sc3cc2[N+](=O)[O-])s1. The molecule has 8 heteroatoms. The molecular weight excluding hydrogens is 308 g/mol. The molecule has 0 aliphatic heterocycles. The lowest BCUT2D eigenvalue weighted by Gasteiger charge is -2.05. The maximum atomic E-state index is 11.2. The normalized spacial score (nSPS) is 11.0. The van der Waals surface area contributed by atoms with Gasteiger partial charge in [-0.05, 0) is 19.9 Å². The summed E-state index contributed by atoms with van der Waals surface area (Å²) < 4.78 is 0.829. The first-order chi connectivity index (χ1) is 10.0. The third kappa shape index (κ3) is 2.86. The summed E-state index contributed by atoms with van der Waals surface area (Å²) in [6.45, 7) is 4.34. The van der Waals surface area contributed by atoms with Crippen LogP contribution < -0.4 is 5.32 Å². The number of nitrogens with zero attached hydrogens (tertiary/aromatic N) is 3. The zero-order valence-corrected chi connectivity index (χ0v) is 13.0. The molecule has 2 aromatic heterocycles. The van der Waals surface area contributed by atoms with Crippen LogP contribution in [0.25, 0.3) is 10.2 Å². The maximum Gasteiger partial charge on any atom is 0.293 e. The average molecular weight is 320 g/mol. The molecule has 108 valence electrons. The van der Waals surface area contributed by atoms with Gasteiger partial charge in [0.2, 0.25) is 0 Å². The lowest BCUT2D eigenvalue weighted by atomic mass is 10.2. The van der Waals surface area contributed by atoms with Crippen molar-refractivity contribution in [2.45, 2.75) is 20.4 Å². The van der Waals surface area contributed by atoms with E-state index in [4.69, 9.17) is 0 Å². The van der Waals surface area contributed by atoms with Gasteiger partial charge in [0.25, 0.3) is 5.69 Å². The Labute approximate surface area is 128 Å². The van der Waals surface area contributed by atoms with Crippen LogP contribution in [-0.4, -0.2) is 14.9 Å². The van der Waals surface area contributed by atoms with Crippen LogP contribution in [0.1, 0.15) is 14.9 Å². The van der Waals surface area contributed by atoms with Gasteiger partial charge in [0, 0.05) is 17.1 Å². The Morgan fingerprint density at radius 3 is 2.81 bits per heavy atom. The number of fused-ring (bicyclic) bond motifs is 1. The molecule has 3 rings (SSSR count). The molecule has 0 bridgehead atoms. The second-order valence-electron chi connectivity index (χ2n) is 4.55. The topological polar surface area (TPSA) is 81.0 Å². The molecular formula is C13H12N4O2S2. The number of aryl methyl sites for hydroxylation is 2. The fourth-order valence-electron chi connectivity index (χ4n) is 2.02. The molecule has 0 unspecified atom stereocenters. The number of anilines is 1. The summed E-state index contributed by atoms with van der Waals surface area (Å²) in [7, 11) is 0. The summed E-state index contributed by atoms with van der Waals surface area (Å²) in [5, 5.41) is 16.1. The molecule has 0 aliphatic carbocycles. The Balaban J connectivity index is 1.95. The van der Waals surface area contributed by atoms with Crippen molar-refractivity contribution in [1.82, 2.24) is 9.97 Å². The van der Waals surface area contributed by atoms with Gasteiger partial charge in [-0.15, -0.1) is 22.7 Å². The number of aromatic nitrogens is 2. The van der Waals surface area contributed by atoms with Crippen molar-refractivity contribution in [2.75, 3.05) is 5.32 Å². The summed E-state index contributed by atoms with van der Waals surface area (Å²) >= 11 is 3.03. The summed E-state index contributed by atoms with van der Waals surface area (Å²) in [5.41, 5.74) is 1.33. The van der Waals surface area contributed by atoms with Crippen LogP contribution >= 0.6 is 22.7 Å². The van der Waals surface area contributed by atoms with Gasteiger partial charge in [-0.2, -0.15) is 0 Å². The van der Waals surface area contributed by atoms with Crippen molar-refractivity contribution >= 4 is 44.3 Å². The van der Waals surface area contributed by atoms with Crippen molar-refractivity contribution in [3.8, 4) is 0 Å². The number of hydrogen-bond donors (Lipinski definition) is 1. The van der Waals surface area contributed by atoms with Gasteiger partial charge in [0.1, 0.15) is 10.7 Å². The predicted octanol–water partition coefficient (Wildman–Crippen LogP) is 3.89. The van der Waals surface area contributed by atoms with E-state index in [0.717, 1.165) is 25.1 Å². The second-order valence-corrected chi connectivity index (χ2v) is 7.10. The van der Waals surface area contributed by atoms with Crippen LogP contribution in [0.5, 0.6) is 0 Å². The van der Waals surface area contributed by atoms with Gasteiger partial charge >= 0.3 is 0 Å². The minimum atomic E-state index is -0.371. The molecule has 6 nitrogen and oxygen atoms in total. The first kappa shape index (κ1) is 13.9. The van der Waals surface area contributed by atoms with Crippen LogP contribution in [0.15, 0.2) is 18.3 Å². The molecule has 0 spiro atoms. The smallest absolute Gasteiger partial charge is 0.293 e. The third-order valence-electron chi connectivity index (χ3n) is 2.91. The minimum Gasteiger partial charge on any atom is -0.373 e. The zero-order chi connectivity index (χ0) is 15.0. The largest absolute Gasteiger partial charge is 0.373 e. The maximum absolute atomic E-state index is 11.2. The van der Waals surface area contributed by atoms with E-state index in [9.17, 15) is 10.1 Å². The lowest BCUT2D eigenvalue weighted by Crippen LogP contribution is -2.02. The molecule has 21 heavy (non-hydrogen) atoms. The molecule has 3 aromatic rings. The highest BCUT2D eigenvalue weighted by Gasteiger charge is 2.17. The molecule has 0 saturated heterocycles. The molecule has 1 N–H and O–H groups in total. The lowest BCUT2D eigenvalue weighted by molar-refractivity contribution is -0.383. The number of thiazole rings is 2. The Bertz CT molecular complexity index is 825. The molecule has 0 saturated carbocycles. The number of rotatable bonds is 4. The average Bonchev–Trinajstić information content (AvgIpc) is 2.99. The zero-order valence-electron chi connectivity index (χ0n) is 11.4. The van der Waals surface area contributed by atoms with Crippen molar-refractivity contribution < 1.29 is 4.92 Å². The summed E-state index contributed by atoms with van der Waals surface area (Å²) in [6.07, 6.45) is 1.79. The summed E-state index contributed by atoms with van der Waals surface area (Å²) in [6, 6.07) is 3.31. The van der Waals surface area contributed by atoms with Gasteiger partial charge in [0.15, 0.2) is 0 Å². The molecule has 0 fully saturated rings. The number of nitro groups is 1. The molecule has 0 amide bonds. The van der Waals surface area contributed by atoms with E-state index in [2.05, 4.69) is 15.3 Å². The van der Waals surface area contributed by atoms with E-state index in [-0.39, 0.29) is 10.6 Å². The van der Waals surface area contributed by atoms with Gasteiger partial charge in [-0.3, -0.25) is 10.1 Å². The van der Waals surface area contributed by atoms with E-state index in [1.165, 1.54) is 11.3 Å². The Morgan fingerprint density at radius 2 is 2.14 bits per heavy atom. The van der Waals surface area contributed by atoms with E-state index >= 15 is 0 Å². The minimum absolute atomic E-state index is 0.0689. The molecule has 0 atom stereocenters. The Kier molecular flexibility index (Phi) is 3.56. The molecule has 1 aromatic carbocycles. The summed E-state index contributed by atoms with van der Waals surface area (Å²) in [5.74, 6) is 0. The first-order valence-corrected chi connectivity index (χ1v) is 7.87. The van der Waals surface area contributed by atoms with E-state index < -0.39 is 0 Å². The van der Waals surface area contributed by atoms with Crippen LogP contribution in [-0.2, 0) is 6.54 Å². The van der Waals surface area contributed by atoms with E-state index in [1.807, 2.05) is 13.8 Å². The Morgan fingerprint density at radius 1 is 1.33 bits per heavy atom. The van der Waals surface area contributed by atoms with Crippen LogP contribution in [0.2, 0.25) is 0 Å². The number of nitro benzene ring substituents is 1. The molecule has 0 radical (unpaired) electrons. The Hall–Kier alpha value is -2.06. The predicted molar refractivity (Wildman–Crippen MR) is 85.2 cm³/mol. The van der Waals surface area contributed by atoms with Crippen molar-refractivity contribution in [2.24, 2.45) is 0 Å². The van der Waals surface area contributed by atoms with E-state index in [1.54, 1.807) is 29.7 Å². The quantitative estimate of drug-likeness (QED) is 0.582. The highest BCUT2D eigenvalue weighted by atomic mass is 32.1. The van der Waals surface area contributed by atoms with E-state index in [0.29, 0.717) is 12.2 Å². The van der Waals surface area contributed by atoms with Crippen molar-refractivity contribution in [3.63, 3.8) is 0 Å². The molecule has 0 aliphatic rings. The number of benzene rings is 1. The fourth-order valence-corrected chi connectivity index (χ4v) is 3.59. The number of hydrogen-bond acceptors (Lipinski definition) is 7. The standard InChI is InChI=1S/C13H12N4O2S2/c1-7-5-15-13(20-7)6-14-9-3-10-12(21-8(2)16-10)4-11(9)17(18)19/h3-5,14H,6H2,1-2H3. The number of nitrogens with one attached hydrogen (secondary N) is 1. The van der Waals surface area contributed by atoms with Crippen LogP contribution in [0.3, 0.4) is 0 Å². The first-order valence-electron chi connectivity index (χ1n) is 6.23. The van der Waals surface area contributed by atoms with Gasteiger partial charge in [-0.1, -0.05) is 0 Å². The highest BCUT2D eigenvalue weighted by molar-refractivity contribution is 7.18. The van der Waals surface area contributed by atoms with Crippen LogP contribution in [0, 0.1) is 24.0 Å². The fraction of sp³-hybridized carbons (Fsp3) is 0.231. The second kappa shape index (κ2) is 5.38. The van der Waals surface area contributed by atoms with Crippen LogP contribution in [0.4, 0.5) is 11.4 Å². The molecule has 2 heterocycles. The van der Waals surface area contributed by atoms with Gasteiger partial charge in [-0.25, -0.2) is 9.97 Å².